The third-order valence-corrected chi connectivity index (χ3v) is 4.88. The molecule has 0 aliphatic carbocycles. The molecule has 1 aromatic rings. The molecule has 2 unspecified atom stereocenters. The molecule has 1 nitrogen and oxygen atoms in total. The third-order valence-electron chi connectivity index (χ3n) is 2.77. The summed E-state index contributed by atoms with van der Waals surface area (Å²) in [6.07, 6.45) is 3.93. The van der Waals surface area contributed by atoms with E-state index in [-0.39, 0.29) is 0 Å². The summed E-state index contributed by atoms with van der Waals surface area (Å²) in [5.41, 5.74) is 0. The minimum absolute atomic E-state index is 0.618. The van der Waals surface area contributed by atoms with Crippen LogP contribution in [0.2, 0.25) is 0 Å². The number of nitrogens with one attached hydrogen (secondary N) is 1. The maximum atomic E-state index is 3.74. The van der Waals surface area contributed by atoms with Crippen LogP contribution in [0.1, 0.15) is 24.6 Å². The van der Waals surface area contributed by atoms with E-state index in [2.05, 4.69) is 41.5 Å². The van der Waals surface area contributed by atoms with Crippen LogP contribution in [0.25, 0.3) is 0 Å². The third kappa shape index (κ3) is 3.82. The summed E-state index contributed by atoms with van der Waals surface area (Å²) in [7, 11) is 0. The molecule has 0 spiro atoms. The highest BCUT2D eigenvalue weighted by atomic mass is 32.2. The van der Waals surface area contributed by atoms with Crippen molar-refractivity contribution >= 4 is 23.1 Å². The molecule has 1 aliphatic heterocycles. The van der Waals surface area contributed by atoms with Gasteiger partial charge in [-0.3, -0.25) is 0 Å². The van der Waals surface area contributed by atoms with E-state index in [1.54, 1.807) is 0 Å². The van der Waals surface area contributed by atoms with E-state index < -0.39 is 0 Å². The second kappa shape index (κ2) is 5.92. The smallest absolute Gasteiger partial charge is 0.0161 e. The number of hydrogen-bond acceptors (Lipinski definition) is 3. The Morgan fingerprint density at radius 3 is 3.20 bits per heavy atom. The van der Waals surface area contributed by atoms with Crippen molar-refractivity contribution in [3.8, 4) is 0 Å². The van der Waals surface area contributed by atoms with Crippen LogP contribution in [0, 0.1) is 0 Å². The van der Waals surface area contributed by atoms with Crippen LogP contribution in [-0.2, 0) is 6.42 Å². The lowest BCUT2D eigenvalue weighted by atomic mass is 10.1. The molecular formula is C12H19NS2. The quantitative estimate of drug-likeness (QED) is 0.869. The molecule has 2 rings (SSSR count). The van der Waals surface area contributed by atoms with Crippen molar-refractivity contribution in [3.05, 3.63) is 22.4 Å². The van der Waals surface area contributed by atoms with Crippen LogP contribution in [0.15, 0.2) is 17.5 Å². The Bertz CT molecular complexity index is 265. The normalized spacial score (nSPS) is 23.9. The van der Waals surface area contributed by atoms with Crippen molar-refractivity contribution in [2.75, 3.05) is 11.5 Å². The molecule has 84 valence electrons. The van der Waals surface area contributed by atoms with Gasteiger partial charge in [0.15, 0.2) is 0 Å². The standard InChI is InChI=1S/C12H19NS2/c1-10(8-12-5-3-7-15-12)13-11-4-2-6-14-9-11/h3,5,7,10-11,13H,2,4,6,8-9H2,1H3. The summed E-state index contributed by atoms with van der Waals surface area (Å²) < 4.78 is 0. The first-order valence-electron chi connectivity index (χ1n) is 5.71. The number of thiophene rings is 1. The zero-order valence-electron chi connectivity index (χ0n) is 9.24. The molecule has 0 radical (unpaired) electrons. The van der Waals surface area contributed by atoms with Crippen LogP contribution >= 0.6 is 23.1 Å². The van der Waals surface area contributed by atoms with Gasteiger partial charge in [-0.15, -0.1) is 11.3 Å². The highest BCUT2D eigenvalue weighted by Crippen LogP contribution is 2.18. The Morgan fingerprint density at radius 1 is 1.60 bits per heavy atom. The summed E-state index contributed by atoms with van der Waals surface area (Å²) in [4.78, 5) is 1.50. The molecule has 3 heteroatoms. The van der Waals surface area contributed by atoms with E-state index in [1.165, 1.54) is 35.6 Å². The summed E-state index contributed by atoms with van der Waals surface area (Å²) in [6.45, 7) is 2.30. The van der Waals surface area contributed by atoms with Crippen LogP contribution in [0.5, 0.6) is 0 Å². The number of thioether (sulfide) groups is 1. The molecule has 0 aromatic carbocycles. The van der Waals surface area contributed by atoms with Crippen molar-refractivity contribution in [1.29, 1.82) is 0 Å². The Balaban J connectivity index is 1.74. The lowest BCUT2D eigenvalue weighted by Crippen LogP contribution is -2.40. The topological polar surface area (TPSA) is 12.0 Å². The van der Waals surface area contributed by atoms with Crippen LogP contribution in [-0.4, -0.2) is 23.6 Å². The van der Waals surface area contributed by atoms with E-state index in [1.807, 2.05) is 11.3 Å². The number of rotatable bonds is 4. The van der Waals surface area contributed by atoms with Crippen molar-refractivity contribution in [1.82, 2.24) is 5.32 Å². The maximum Gasteiger partial charge on any atom is 0.0161 e. The first kappa shape index (κ1) is 11.5. The van der Waals surface area contributed by atoms with E-state index in [0.29, 0.717) is 6.04 Å². The van der Waals surface area contributed by atoms with Crippen molar-refractivity contribution in [3.63, 3.8) is 0 Å². The average Bonchev–Trinajstić information content (AvgIpc) is 2.71. The molecule has 0 amide bonds. The van der Waals surface area contributed by atoms with Crippen LogP contribution < -0.4 is 5.32 Å². The number of hydrogen-bond donors (Lipinski definition) is 1. The van der Waals surface area contributed by atoms with Gasteiger partial charge in [0.25, 0.3) is 0 Å². The molecule has 1 aromatic heterocycles. The average molecular weight is 241 g/mol. The first-order valence-corrected chi connectivity index (χ1v) is 7.74. The van der Waals surface area contributed by atoms with E-state index in [0.717, 1.165) is 6.04 Å². The van der Waals surface area contributed by atoms with E-state index >= 15 is 0 Å². The highest BCUT2D eigenvalue weighted by molar-refractivity contribution is 7.99. The van der Waals surface area contributed by atoms with Crippen LogP contribution in [0.3, 0.4) is 0 Å². The minimum atomic E-state index is 0.618. The van der Waals surface area contributed by atoms with Gasteiger partial charge in [-0.05, 0) is 43.4 Å². The zero-order valence-corrected chi connectivity index (χ0v) is 10.9. The van der Waals surface area contributed by atoms with Crippen molar-refractivity contribution in [2.24, 2.45) is 0 Å². The molecule has 2 atom stereocenters. The predicted octanol–water partition coefficient (Wildman–Crippen LogP) is 3.16. The highest BCUT2D eigenvalue weighted by Gasteiger charge is 2.15. The fraction of sp³-hybridized carbons (Fsp3) is 0.667. The molecule has 2 heterocycles. The van der Waals surface area contributed by atoms with E-state index in [9.17, 15) is 0 Å². The van der Waals surface area contributed by atoms with Gasteiger partial charge in [-0.1, -0.05) is 6.07 Å². The molecule has 1 aliphatic rings. The monoisotopic (exact) mass is 241 g/mol. The second-order valence-electron chi connectivity index (χ2n) is 4.27. The summed E-state index contributed by atoms with van der Waals surface area (Å²) in [6, 6.07) is 5.74. The van der Waals surface area contributed by atoms with Crippen LogP contribution in [0.4, 0.5) is 0 Å². The Hall–Kier alpha value is 0.01000. The fourth-order valence-corrected chi connectivity index (χ4v) is 3.98. The summed E-state index contributed by atoms with van der Waals surface area (Å²) in [5.74, 6) is 2.66. The van der Waals surface area contributed by atoms with Gasteiger partial charge < -0.3 is 5.32 Å². The Kier molecular flexibility index (Phi) is 4.54. The van der Waals surface area contributed by atoms with Gasteiger partial charge in [-0.25, -0.2) is 0 Å². The SMILES string of the molecule is CC(Cc1cccs1)NC1CCCSC1. The fourth-order valence-electron chi connectivity index (χ4n) is 2.06. The molecule has 15 heavy (non-hydrogen) atoms. The minimum Gasteiger partial charge on any atom is -0.310 e. The molecular weight excluding hydrogens is 222 g/mol. The van der Waals surface area contributed by atoms with Gasteiger partial charge in [0.05, 0.1) is 0 Å². The molecule has 1 N–H and O–H groups in total. The maximum absolute atomic E-state index is 3.74. The first-order chi connectivity index (χ1) is 7.34. The lowest BCUT2D eigenvalue weighted by Gasteiger charge is -2.26. The summed E-state index contributed by atoms with van der Waals surface area (Å²) >= 11 is 3.96. The van der Waals surface area contributed by atoms with Gasteiger partial charge >= 0.3 is 0 Å². The van der Waals surface area contributed by atoms with Gasteiger partial charge in [0, 0.05) is 22.7 Å². The molecule has 0 bridgehead atoms. The van der Waals surface area contributed by atoms with Gasteiger partial charge in [0.2, 0.25) is 0 Å². The molecule has 1 fully saturated rings. The van der Waals surface area contributed by atoms with Gasteiger partial charge in [-0.2, -0.15) is 11.8 Å². The molecule has 0 saturated carbocycles. The largest absolute Gasteiger partial charge is 0.310 e. The Morgan fingerprint density at radius 2 is 2.53 bits per heavy atom. The lowest BCUT2D eigenvalue weighted by molar-refractivity contribution is 0.442. The van der Waals surface area contributed by atoms with Crippen molar-refractivity contribution < 1.29 is 0 Å². The molecule has 1 saturated heterocycles. The zero-order chi connectivity index (χ0) is 10.5. The summed E-state index contributed by atoms with van der Waals surface area (Å²) in [5, 5.41) is 5.91. The van der Waals surface area contributed by atoms with E-state index in [4.69, 9.17) is 0 Å². The van der Waals surface area contributed by atoms with Crippen molar-refractivity contribution in [2.45, 2.75) is 38.3 Å². The second-order valence-corrected chi connectivity index (χ2v) is 6.45. The van der Waals surface area contributed by atoms with Gasteiger partial charge in [0.1, 0.15) is 0 Å². The Labute approximate surface area is 101 Å². The predicted molar refractivity (Wildman–Crippen MR) is 71.0 cm³/mol.